The molecule has 134 valence electrons. The van der Waals surface area contributed by atoms with E-state index in [0.717, 1.165) is 12.8 Å². The summed E-state index contributed by atoms with van der Waals surface area (Å²) in [5, 5.41) is 1.04. The molecule has 2 heterocycles. The maximum atomic E-state index is 12.0. The average Bonchev–Trinajstić information content (AvgIpc) is 3.17. The minimum absolute atomic E-state index is 0.0422. The standard InChI is InChI=1S/C17H20N2O5S/c20-13(14-7-4-8-23-14)11-25-17-9-16(22)19(17)18-15(21)10-24-12-5-2-1-3-6-12/h1-3,5-6,14,17H,4,7-11H2,(H,18,21)/t14-,17-/m1/s1. The lowest BCUT2D eigenvalue weighted by Gasteiger charge is -2.39. The van der Waals surface area contributed by atoms with Gasteiger partial charge in [0.15, 0.2) is 12.4 Å². The van der Waals surface area contributed by atoms with Crippen LogP contribution in [0.25, 0.3) is 0 Å². The predicted octanol–water partition coefficient (Wildman–Crippen LogP) is 1.14. The molecule has 0 saturated carbocycles. The maximum absolute atomic E-state index is 12.0. The van der Waals surface area contributed by atoms with Crippen molar-refractivity contribution >= 4 is 29.4 Å². The number of ether oxygens (including phenoxy) is 2. The lowest BCUT2D eigenvalue weighted by Crippen LogP contribution is -2.60. The van der Waals surface area contributed by atoms with E-state index in [1.165, 1.54) is 16.8 Å². The Balaban J connectivity index is 1.40. The van der Waals surface area contributed by atoms with Gasteiger partial charge in [0.05, 0.1) is 12.2 Å². The molecule has 8 heteroatoms. The highest BCUT2D eigenvalue weighted by Gasteiger charge is 2.38. The van der Waals surface area contributed by atoms with E-state index in [2.05, 4.69) is 5.43 Å². The molecule has 7 nitrogen and oxygen atoms in total. The summed E-state index contributed by atoms with van der Waals surface area (Å²) in [5.41, 5.74) is 2.54. The van der Waals surface area contributed by atoms with Crippen LogP contribution in [-0.4, -0.2) is 53.1 Å². The molecular weight excluding hydrogens is 344 g/mol. The molecule has 2 aliphatic rings. The zero-order chi connectivity index (χ0) is 17.6. The average molecular weight is 364 g/mol. The van der Waals surface area contributed by atoms with Gasteiger partial charge in [-0.3, -0.25) is 19.8 Å². The number of hydrazine groups is 1. The molecule has 2 aliphatic heterocycles. The maximum Gasteiger partial charge on any atom is 0.276 e. The number of carbonyl (C=O) groups excluding carboxylic acids is 3. The van der Waals surface area contributed by atoms with Gasteiger partial charge in [-0.1, -0.05) is 18.2 Å². The van der Waals surface area contributed by atoms with Gasteiger partial charge in [0.1, 0.15) is 17.2 Å². The Labute approximate surface area is 150 Å². The third-order valence-corrected chi connectivity index (χ3v) is 5.18. The summed E-state index contributed by atoms with van der Waals surface area (Å²) in [6, 6.07) is 8.97. The van der Waals surface area contributed by atoms with Crippen LogP contribution in [0.1, 0.15) is 19.3 Å². The summed E-state index contributed by atoms with van der Waals surface area (Å²) in [4.78, 5) is 35.6. The zero-order valence-corrected chi connectivity index (χ0v) is 14.5. The smallest absolute Gasteiger partial charge is 0.276 e. The number of para-hydroxylation sites is 1. The predicted molar refractivity (Wildman–Crippen MR) is 91.8 cm³/mol. The zero-order valence-electron chi connectivity index (χ0n) is 13.7. The number of hydrogen-bond acceptors (Lipinski definition) is 6. The second-order valence-corrected chi connectivity index (χ2v) is 7.00. The second-order valence-electron chi connectivity index (χ2n) is 5.84. The van der Waals surface area contributed by atoms with E-state index in [-0.39, 0.29) is 35.5 Å². The van der Waals surface area contributed by atoms with E-state index in [4.69, 9.17) is 9.47 Å². The molecule has 2 fully saturated rings. The molecule has 0 unspecified atom stereocenters. The summed E-state index contributed by atoms with van der Waals surface area (Å²) < 4.78 is 10.7. The number of nitrogens with one attached hydrogen (secondary N) is 1. The van der Waals surface area contributed by atoms with Gasteiger partial charge in [0, 0.05) is 6.61 Å². The lowest BCUT2D eigenvalue weighted by molar-refractivity contribution is -0.152. The molecule has 0 aromatic heterocycles. The number of carbonyl (C=O) groups is 3. The van der Waals surface area contributed by atoms with Gasteiger partial charge in [-0.05, 0) is 25.0 Å². The van der Waals surface area contributed by atoms with E-state index in [0.29, 0.717) is 18.8 Å². The van der Waals surface area contributed by atoms with Gasteiger partial charge in [-0.25, -0.2) is 5.01 Å². The first-order valence-corrected chi connectivity index (χ1v) is 9.23. The third kappa shape index (κ3) is 4.73. The van der Waals surface area contributed by atoms with Crippen LogP contribution in [0.4, 0.5) is 0 Å². The summed E-state index contributed by atoms with van der Waals surface area (Å²) in [6.07, 6.45) is 1.67. The largest absolute Gasteiger partial charge is 0.484 e. The highest BCUT2D eigenvalue weighted by Crippen LogP contribution is 2.28. The summed E-state index contributed by atoms with van der Waals surface area (Å²) in [5.74, 6) is 0.319. The number of thioether (sulfide) groups is 1. The summed E-state index contributed by atoms with van der Waals surface area (Å²) in [7, 11) is 0. The Morgan fingerprint density at radius 2 is 2.12 bits per heavy atom. The molecule has 2 atom stereocenters. The number of ketones is 1. The summed E-state index contributed by atoms with van der Waals surface area (Å²) in [6.45, 7) is 0.451. The van der Waals surface area contributed by atoms with Gasteiger partial charge in [0.25, 0.3) is 5.91 Å². The van der Waals surface area contributed by atoms with Gasteiger partial charge in [0.2, 0.25) is 5.91 Å². The molecule has 1 aromatic carbocycles. The number of nitrogens with zero attached hydrogens (tertiary/aromatic N) is 1. The molecule has 0 radical (unpaired) electrons. The molecule has 0 spiro atoms. The van der Waals surface area contributed by atoms with Gasteiger partial charge >= 0.3 is 0 Å². The number of amides is 2. The Kier molecular flexibility index (Phi) is 5.93. The van der Waals surface area contributed by atoms with Crippen molar-refractivity contribution in [3.05, 3.63) is 30.3 Å². The second kappa shape index (κ2) is 8.35. The minimum Gasteiger partial charge on any atom is -0.484 e. The molecule has 0 aliphatic carbocycles. The number of Topliss-reactive ketones (excluding diaryl/α,β-unsaturated/α-hetero) is 1. The fourth-order valence-electron chi connectivity index (χ4n) is 2.59. The minimum atomic E-state index is -0.409. The van der Waals surface area contributed by atoms with Gasteiger partial charge in [-0.15, -0.1) is 11.8 Å². The van der Waals surface area contributed by atoms with Crippen molar-refractivity contribution in [1.82, 2.24) is 10.4 Å². The van der Waals surface area contributed by atoms with Crippen molar-refractivity contribution in [3.8, 4) is 5.75 Å². The van der Waals surface area contributed by atoms with Crippen LogP contribution in [0, 0.1) is 0 Å². The number of hydrogen-bond donors (Lipinski definition) is 1. The number of β-lactam (4-membered cyclic amide) rings is 1. The number of rotatable bonds is 8. The van der Waals surface area contributed by atoms with E-state index in [9.17, 15) is 14.4 Å². The first-order valence-electron chi connectivity index (χ1n) is 8.19. The fraction of sp³-hybridized carbons (Fsp3) is 0.471. The number of benzene rings is 1. The molecule has 1 N–H and O–H groups in total. The van der Waals surface area contributed by atoms with Gasteiger partial charge < -0.3 is 9.47 Å². The molecule has 1 aromatic rings. The first-order chi connectivity index (χ1) is 12.1. The molecule has 2 amide bonds. The molecule has 3 rings (SSSR count). The summed E-state index contributed by atoms with van der Waals surface area (Å²) >= 11 is 1.35. The Bertz CT molecular complexity index is 633. The quantitative estimate of drug-likeness (QED) is 0.696. The van der Waals surface area contributed by atoms with Crippen LogP contribution >= 0.6 is 11.8 Å². The normalized spacial score (nSPS) is 22.4. The van der Waals surface area contributed by atoms with Crippen LogP contribution in [0.2, 0.25) is 0 Å². The van der Waals surface area contributed by atoms with Gasteiger partial charge in [-0.2, -0.15) is 0 Å². The van der Waals surface area contributed by atoms with Crippen LogP contribution in [0.3, 0.4) is 0 Å². The molecule has 2 saturated heterocycles. The topological polar surface area (TPSA) is 84.9 Å². The van der Waals surface area contributed by atoms with Crippen LogP contribution in [-0.2, 0) is 19.1 Å². The van der Waals surface area contributed by atoms with Crippen LogP contribution < -0.4 is 10.2 Å². The monoisotopic (exact) mass is 364 g/mol. The van der Waals surface area contributed by atoms with E-state index < -0.39 is 5.91 Å². The highest BCUT2D eigenvalue weighted by atomic mass is 32.2. The highest BCUT2D eigenvalue weighted by molar-refractivity contribution is 8.00. The third-order valence-electron chi connectivity index (χ3n) is 3.97. The van der Waals surface area contributed by atoms with Crippen molar-refractivity contribution in [2.75, 3.05) is 19.0 Å². The van der Waals surface area contributed by atoms with Crippen LogP contribution in [0.15, 0.2) is 30.3 Å². The Morgan fingerprint density at radius 3 is 2.80 bits per heavy atom. The Hall–Kier alpha value is -2.06. The van der Waals surface area contributed by atoms with E-state index in [1.807, 2.05) is 18.2 Å². The fourth-order valence-corrected chi connectivity index (χ4v) is 3.71. The SMILES string of the molecule is O=C(COc1ccccc1)NN1C(=O)C[C@H]1SCC(=O)[C@H]1CCCO1. The molecule has 25 heavy (non-hydrogen) atoms. The van der Waals surface area contributed by atoms with Crippen molar-refractivity contribution in [2.45, 2.75) is 30.7 Å². The van der Waals surface area contributed by atoms with Crippen molar-refractivity contribution < 1.29 is 23.9 Å². The lowest BCUT2D eigenvalue weighted by atomic mass is 10.2. The molecular formula is C17H20N2O5S. The molecule has 0 bridgehead atoms. The van der Waals surface area contributed by atoms with Crippen molar-refractivity contribution in [1.29, 1.82) is 0 Å². The first kappa shape index (κ1) is 17.8. The van der Waals surface area contributed by atoms with E-state index in [1.54, 1.807) is 12.1 Å². The Morgan fingerprint density at radius 1 is 1.32 bits per heavy atom. The van der Waals surface area contributed by atoms with Crippen molar-refractivity contribution in [3.63, 3.8) is 0 Å². The van der Waals surface area contributed by atoms with E-state index >= 15 is 0 Å². The van der Waals surface area contributed by atoms with Crippen LogP contribution in [0.5, 0.6) is 5.75 Å². The van der Waals surface area contributed by atoms with Crippen molar-refractivity contribution in [2.24, 2.45) is 0 Å².